The van der Waals surface area contributed by atoms with Crippen molar-refractivity contribution in [2.75, 3.05) is 31.2 Å². The van der Waals surface area contributed by atoms with Gasteiger partial charge in [0, 0.05) is 29.9 Å². The van der Waals surface area contributed by atoms with Gasteiger partial charge in [0.15, 0.2) is 0 Å². The number of nitrogens with zero attached hydrogens (tertiary/aromatic N) is 3. The molecule has 0 bridgehead atoms. The molecule has 132 valence electrons. The molecule has 0 aliphatic carbocycles. The van der Waals surface area contributed by atoms with Crippen LogP contribution in [0.4, 0.5) is 5.69 Å². The second-order valence-electron chi connectivity index (χ2n) is 5.51. The summed E-state index contributed by atoms with van der Waals surface area (Å²) in [5.41, 5.74) is 3.05. The number of rotatable bonds is 3. The maximum atomic E-state index is 8.12. The number of ether oxygens (including phenoxy) is 1. The molecular formula is C19H17N3O4. The van der Waals surface area contributed by atoms with Crippen LogP contribution in [0.25, 0.3) is 22.9 Å². The Morgan fingerprint density at radius 1 is 0.808 bits per heavy atom. The molecule has 1 aromatic heterocycles. The van der Waals surface area contributed by atoms with Crippen LogP contribution in [0.1, 0.15) is 0 Å². The molecule has 0 N–H and O–H groups in total. The molecule has 0 radical (unpaired) electrons. The lowest BCUT2D eigenvalue weighted by atomic mass is 10.2. The third kappa shape index (κ3) is 4.22. The van der Waals surface area contributed by atoms with Crippen molar-refractivity contribution in [2.45, 2.75) is 0 Å². The van der Waals surface area contributed by atoms with Crippen LogP contribution >= 0.6 is 0 Å². The fourth-order valence-corrected chi connectivity index (χ4v) is 2.67. The lowest BCUT2D eigenvalue weighted by molar-refractivity contribution is -0.191. The molecule has 4 rings (SSSR count). The summed E-state index contributed by atoms with van der Waals surface area (Å²) in [6, 6.07) is 18.0. The van der Waals surface area contributed by atoms with Crippen molar-refractivity contribution in [3.63, 3.8) is 0 Å². The van der Waals surface area contributed by atoms with E-state index in [9.17, 15) is 0 Å². The van der Waals surface area contributed by atoms with E-state index in [4.69, 9.17) is 18.7 Å². The van der Waals surface area contributed by atoms with Gasteiger partial charge in [-0.25, -0.2) is 0 Å². The minimum Gasteiger partial charge on any atom is -0.416 e. The molecule has 0 spiro atoms. The Morgan fingerprint density at radius 2 is 1.35 bits per heavy atom. The lowest BCUT2D eigenvalue weighted by Crippen LogP contribution is -2.36. The average Bonchev–Trinajstić information content (AvgIpc) is 3.20. The van der Waals surface area contributed by atoms with Crippen LogP contribution < -0.4 is 4.90 Å². The summed E-state index contributed by atoms with van der Waals surface area (Å²) in [4.78, 5) is 18.6. The van der Waals surface area contributed by atoms with Crippen molar-refractivity contribution >= 4 is 11.8 Å². The highest BCUT2D eigenvalue weighted by Crippen LogP contribution is 2.26. The second kappa shape index (κ2) is 8.71. The van der Waals surface area contributed by atoms with Crippen molar-refractivity contribution in [2.24, 2.45) is 0 Å². The minimum absolute atomic E-state index is 0.250. The van der Waals surface area contributed by atoms with Gasteiger partial charge in [0.05, 0.1) is 13.2 Å². The maximum Gasteiger partial charge on any atom is 0.373 e. The van der Waals surface area contributed by atoms with E-state index in [0.29, 0.717) is 11.8 Å². The fourth-order valence-electron chi connectivity index (χ4n) is 2.67. The van der Waals surface area contributed by atoms with Gasteiger partial charge in [-0.3, -0.25) is 0 Å². The van der Waals surface area contributed by atoms with Gasteiger partial charge in [0.25, 0.3) is 0 Å². The van der Waals surface area contributed by atoms with Gasteiger partial charge >= 0.3 is 6.15 Å². The molecule has 2 heterocycles. The summed E-state index contributed by atoms with van der Waals surface area (Å²) in [7, 11) is 0. The van der Waals surface area contributed by atoms with Crippen molar-refractivity contribution < 1.29 is 18.7 Å². The van der Waals surface area contributed by atoms with Crippen molar-refractivity contribution in [3.05, 3.63) is 54.6 Å². The number of carbonyl (C=O) groups excluding carboxylic acids is 2. The van der Waals surface area contributed by atoms with E-state index in [2.05, 4.69) is 27.2 Å². The fraction of sp³-hybridized carbons (Fsp3) is 0.211. The lowest BCUT2D eigenvalue weighted by Gasteiger charge is -2.28. The van der Waals surface area contributed by atoms with Gasteiger partial charge in [0.2, 0.25) is 11.8 Å². The first-order chi connectivity index (χ1) is 12.8. The quantitative estimate of drug-likeness (QED) is 0.717. The molecular weight excluding hydrogens is 334 g/mol. The number of aromatic nitrogens is 2. The van der Waals surface area contributed by atoms with Crippen LogP contribution in [0, 0.1) is 0 Å². The highest BCUT2D eigenvalue weighted by Gasteiger charge is 2.13. The first-order valence-corrected chi connectivity index (χ1v) is 8.13. The predicted molar refractivity (Wildman–Crippen MR) is 93.2 cm³/mol. The zero-order valence-electron chi connectivity index (χ0n) is 14.0. The molecule has 0 saturated carbocycles. The van der Waals surface area contributed by atoms with E-state index in [1.54, 1.807) is 0 Å². The van der Waals surface area contributed by atoms with Crippen LogP contribution in [0.3, 0.4) is 0 Å². The zero-order chi connectivity index (χ0) is 18.2. The Kier molecular flexibility index (Phi) is 5.88. The Labute approximate surface area is 150 Å². The van der Waals surface area contributed by atoms with Gasteiger partial charge in [-0.2, -0.15) is 9.59 Å². The molecule has 7 heteroatoms. The third-order valence-corrected chi connectivity index (χ3v) is 3.94. The molecule has 1 aliphatic heterocycles. The molecule has 0 amide bonds. The van der Waals surface area contributed by atoms with E-state index >= 15 is 0 Å². The predicted octanol–water partition coefficient (Wildman–Crippen LogP) is 2.66. The number of morpholine rings is 1. The van der Waals surface area contributed by atoms with Crippen LogP contribution in [-0.4, -0.2) is 42.7 Å². The van der Waals surface area contributed by atoms with Crippen LogP contribution in [-0.2, 0) is 14.3 Å². The highest BCUT2D eigenvalue weighted by molar-refractivity contribution is 5.61. The summed E-state index contributed by atoms with van der Waals surface area (Å²) in [6.07, 6.45) is 0.250. The highest BCUT2D eigenvalue weighted by atomic mass is 16.5. The maximum absolute atomic E-state index is 8.12. The summed E-state index contributed by atoms with van der Waals surface area (Å²) >= 11 is 0. The van der Waals surface area contributed by atoms with Crippen LogP contribution in [0.2, 0.25) is 0 Å². The molecule has 1 fully saturated rings. The van der Waals surface area contributed by atoms with Gasteiger partial charge in [-0.05, 0) is 36.4 Å². The summed E-state index contributed by atoms with van der Waals surface area (Å²) in [5.74, 6) is 1.08. The normalized spacial score (nSPS) is 13.5. The molecule has 0 atom stereocenters. The standard InChI is InChI=1S/C18H17N3O2.CO2/c1-2-4-14(5-3-1)17-19-20-18(23-17)15-6-8-16(9-7-15)21-10-12-22-13-11-21;2-1-3/h1-9H,10-13H2;. The van der Waals surface area contributed by atoms with Gasteiger partial charge in [-0.15, -0.1) is 10.2 Å². The zero-order valence-corrected chi connectivity index (χ0v) is 14.0. The Bertz CT molecular complexity index is 850. The molecule has 3 aromatic rings. The summed E-state index contributed by atoms with van der Waals surface area (Å²) in [6.45, 7) is 3.42. The molecule has 1 saturated heterocycles. The minimum atomic E-state index is 0.250. The van der Waals surface area contributed by atoms with E-state index < -0.39 is 0 Å². The van der Waals surface area contributed by atoms with Gasteiger partial charge in [0.1, 0.15) is 0 Å². The summed E-state index contributed by atoms with van der Waals surface area (Å²) in [5, 5.41) is 8.29. The van der Waals surface area contributed by atoms with E-state index in [1.807, 2.05) is 42.5 Å². The number of hydrogen-bond donors (Lipinski definition) is 0. The second-order valence-corrected chi connectivity index (χ2v) is 5.51. The van der Waals surface area contributed by atoms with Crippen LogP contribution in [0.15, 0.2) is 59.0 Å². The largest absolute Gasteiger partial charge is 0.416 e. The molecule has 26 heavy (non-hydrogen) atoms. The molecule has 0 unspecified atom stereocenters. The van der Waals surface area contributed by atoms with Crippen molar-refractivity contribution in [3.8, 4) is 22.9 Å². The number of benzene rings is 2. The van der Waals surface area contributed by atoms with Crippen molar-refractivity contribution in [1.29, 1.82) is 0 Å². The molecule has 7 nitrogen and oxygen atoms in total. The smallest absolute Gasteiger partial charge is 0.373 e. The SMILES string of the molecule is O=C=O.c1ccc(-c2nnc(-c3ccc(N4CCOCC4)cc3)o2)cc1. The number of hydrogen-bond acceptors (Lipinski definition) is 7. The Hall–Kier alpha value is -3.28. The first-order valence-electron chi connectivity index (χ1n) is 8.13. The topological polar surface area (TPSA) is 85.5 Å². The van der Waals surface area contributed by atoms with Gasteiger partial charge in [-0.1, -0.05) is 18.2 Å². The monoisotopic (exact) mass is 351 g/mol. The molecule has 1 aliphatic rings. The number of anilines is 1. The van der Waals surface area contributed by atoms with Crippen LogP contribution in [0.5, 0.6) is 0 Å². The average molecular weight is 351 g/mol. The first kappa shape index (κ1) is 17.5. The van der Waals surface area contributed by atoms with Gasteiger partial charge < -0.3 is 14.1 Å². The Morgan fingerprint density at radius 3 is 1.92 bits per heavy atom. The third-order valence-electron chi connectivity index (χ3n) is 3.94. The summed E-state index contributed by atoms with van der Waals surface area (Å²) < 4.78 is 11.2. The van der Waals surface area contributed by atoms with E-state index in [-0.39, 0.29) is 6.15 Å². The van der Waals surface area contributed by atoms with E-state index in [0.717, 1.165) is 37.4 Å². The molecule has 2 aromatic carbocycles. The van der Waals surface area contributed by atoms with Crippen molar-refractivity contribution in [1.82, 2.24) is 10.2 Å². The van der Waals surface area contributed by atoms with E-state index in [1.165, 1.54) is 5.69 Å². The Balaban J connectivity index is 0.000000613.